The first-order valence-electron chi connectivity index (χ1n) is 18.8. The standard InChI is InChI=1S/C42H80N2O4/c1-18-41(14,31-40(12,13)43)23-21-27-47-36(46)39(10,11)30-42(15,19-2)35(48-34(45)22-20-26-44(16)17)33(5)29-38(8,9)25-24-37(6,7)28-32(3)4/h21,23-25,32-33,35H,18-20,22,26-31,43H2,1-17H3. The average Bonchev–Trinajstić information content (AvgIpc) is 2.90. The summed E-state index contributed by atoms with van der Waals surface area (Å²) < 4.78 is 12.3. The Hall–Kier alpha value is -1.66. The molecule has 0 rings (SSSR count). The minimum atomic E-state index is -0.766. The Bertz CT molecular complexity index is 1030. The van der Waals surface area contributed by atoms with Gasteiger partial charge in [-0.3, -0.25) is 9.59 Å². The van der Waals surface area contributed by atoms with Crippen LogP contribution >= 0.6 is 0 Å². The predicted molar refractivity (Wildman–Crippen MR) is 206 cm³/mol. The normalized spacial score (nSPS) is 17.5. The zero-order chi connectivity index (χ0) is 37.8. The molecule has 0 aromatic heterocycles. The monoisotopic (exact) mass is 677 g/mol. The first-order chi connectivity index (χ1) is 21.6. The van der Waals surface area contributed by atoms with Gasteiger partial charge in [0.25, 0.3) is 0 Å². The van der Waals surface area contributed by atoms with Gasteiger partial charge in [0.05, 0.1) is 5.41 Å². The maximum absolute atomic E-state index is 13.6. The first kappa shape index (κ1) is 46.3. The van der Waals surface area contributed by atoms with Crippen LogP contribution in [-0.4, -0.2) is 55.7 Å². The van der Waals surface area contributed by atoms with Gasteiger partial charge in [-0.15, -0.1) is 0 Å². The molecular weight excluding hydrogens is 596 g/mol. The predicted octanol–water partition coefficient (Wildman–Crippen LogP) is 10.4. The summed E-state index contributed by atoms with van der Waals surface area (Å²) in [6, 6.07) is 0. The Labute approximate surface area is 298 Å². The lowest BCUT2D eigenvalue weighted by atomic mass is 9.64. The minimum absolute atomic E-state index is 0.0616. The van der Waals surface area contributed by atoms with Crippen molar-refractivity contribution in [2.24, 2.45) is 44.6 Å². The Morgan fingerprint density at radius 2 is 1.33 bits per heavy atom. The summed E-state index contributed by atoms with van der Waals surface area (Å²) in [6.45, 7) is 33.7. The lowest BCUT2D eigenvalue weighted by molar-refractivity contribution is -0.167. The number of esters is 2. The topological polar surface area (TPSA) is 81.9 Å². The Kier molecular flexibility index (Phi) is 18.4. The molecule has 4 atom stereocenters. The quantitative estimate of drug-likeness (QED) is 0.0857. The van der Waals surface area contributed by atoms with Gasteiger partial charge in [-0.1, -0.05) is 100 Å². The van der Waals surface area contributed by atoms with Crippen molar-refractivity contribution in [2.75, 3.05) is 27.2 Å². The average molecular weight is 677 g/mol. The molecule has 0 bridgehead atoms. The number of nitrogens with zero attached hydrogens (tertiary/aromatic N) is 1. The fourth-order valence-corrected chi connectivity index (χ4v) is 7.76. The van der Waals surface area contributed by atoms with E-state index in [2.05, 4.69) is 99.3 Å². The highest BCUT2D eigenvalue weighted by Crippen LogP contribution is 2.46. The van der Waals surface area contributed by atoms with Crippen LogP contribution in [0, 0.1) is 38.9 Å². The van der Waals surface area contributed by atoms with Crippen molar-refractivity contribution in [2.45, 2.75) is 167 Å². The first-order valence-corrected chi connectivity index (χ1v) is 18.8. The lowest BCUT2D eigenvalue weighted by Gasteiger charge is -2.44. The van der Waals surface area contributed by atoms with E-state index in [1.165, 1.54) is 0 Å². The molecule has 0 aliphatic rings. The van der Waals surface area contributed by atoms with E-state index in [0.29, 0.717) is 18.8 Å². The molecule has 0 radical (unpaired) electrons. The van der Waals surface area contributed by atoms with Gasteiger partial charge in [0.15, 0.2) is 0 Å². The minimum Gasteiger partial charge on any atom is -0.461 e. The number of rotatable bonds is 23. The van der Waals surface area contributed by atoms with E-state index in [1.54, 1.807) is 0 Å². The zero-order valence-corrected chi connectivity index (χ0v) is 34.8. The summed E-state index contributed by atoms with van der Waals surface area (Å²) in [5.41, 5.74) is 4.80. The molecule has 48 heavy (non-hydrogen) atoms. The molecular formula is C42H80N2O4. The van der Waals surface area contributed by atoms with Crippen LogP contribution in [0.4, 0.5) is 0 Å². The molecule has 0 aliphatic carbocycles. The Morgan fingerprint density at radius 3 is 1.79 bits per heavy atom. The summed E-state index contributed by atoms with van der Waals surface area (Å²) in [5, 5.41) is 0. The van der Waals surface area contributed by atoms with E-state index in [1.807, 2.05) is 47.9 Å². The van der Waals surface area contributed by atoms with Crippen molar-refractivity contribution >= 4 is 11.9 Å². The fourth-order valence-electron chi connectivity index (χ4n) is 7.76. The van der Waals surface area contributed by atoms with E-state index in [0.717, 1.165) is 45.1 Å². The lowest BCUT2D eigenvalue weighted by Crippen LogP contribution is -2.46. The van der Waals surface area contributed by atoms with E-state index in [9.17, 15) is 9.59 Å². The van der Waals surface area contributed by atoms with E-state index < -0.39 is 10.8 Å². The molecule has 6 nitrogen and oxygen atoms in total. The molecule has 0 aromatic rings. The summed E-state index contributed by atoms with van der Waals surface area (Å²) in [5.74, 6) is 0.307. The summed E-state index contributed by atoms with van der Waals surface area (Å²) >= 11 is 0. The number of nitrogens with two attached hydrogens (primary N) is 1. The largest absolute Gasteiger partial charge is 0.461 e. The molecule has 2 N–H and O–H groups in total. The van der Waals surface area contributed by atoms with E-state index in [-0.39, 0.29) is 52.4 Å². The molecule has 0 saturated heterocycles. The van der Waals surface area contributed by atoms with Crippen LogP contribution in [0.2, 0.25) is 0 Å². The summed E-state index contributed by atoms with van der Waals surface area (Å²) in [4.78, 5) is 29.0. The fraction of sp³-hybridized carbons (Fsp3) is 0.857. The van der Waals surface area contributed by atoms with Crippen LogP contribution in [0.15, 0.2) is 24.3 Å². The van der Waals surface area contributed by atoms with E-state index >= 15 is 0 Å². The number of ether oxygens (including phenoxy) is 2. The maximum atomic E-state index is 13.6. The van der Waals surface area contributed by atoms with Crippen molar-refractivity contribution in [3.63, 3.8) is 0 Å². The number of hydrogen-bond acceptors (Lipinski definition) is 6. The van der Waals surface area contributed by atoms with Gasteiger partial charge in [-0.05, 0) is 121 Å². The molecule has 0 saturated carbocycles. The highest BCUT2D eigenvalue weighted by molar-refractivity contribution is 5.76. The van der Waals surface area contributed by atoms with Crippen LogP contribution in [0.1, 0.15) is 155 Å². The second kappa shape index (κ2) is 19.1. The maximum Gasteiger partial charge on any atom is 0.311 e. The third kappa shape index (κ3) is 18.4. The SMILES string of the molecule is CCC(C)(C=CCOC(=O)C(C)(C)CC(C)(CC)C(OC(=O)CCCN(C)C)C(C)CC(C)(C)C=CC(C)(C)CC(C)C)CC(C)(C)N. The molecule has 0 aliphatic heterocycles. The molecule has 0 aromatic carbocycles. The van der Waals surface area contributed by atoms with Gasteiger partial charge in [0, 0.05) is 17.4 Å². The van der Waals surface area contributed by atoms with Crippen molar-refractivity contribution in [1.82, 2.24) is 4.90 Å². The Morgan fingerprint density at radius 1 is 0.792 bits per heavy atom. The number of carbonyl (C=O) groups excluding carboxylic acids is 2. The number of hydrogen-bond donors (Lipinski definition) is 1. The van der Waals surface area contributed by atoms with Gasteiger partial charge in [-0.2, -0.15) is 0 Å². The second-order valence-electron chi connectivity index (χ2n) is 19.1. The molecule has 0 fully saturated rings. The highest BCUT2D eigenvalue weighted by atomic mass is 16.5. The van der Waals surface area contributed by atoms with Crippen LogP contribution in [0.25, 0.3) is 0 Å². The molecule has 282 valence electrons. The van der Waals surface area contributed by atoms with Gasteiger partial charge in [-0.25, -0.2) is 0 Å². The zero-order valence-electron chi connectivity index (χ0n) is 34.8. The van der Waals surface area contributed by atoms with Crippen molar-refractivity contribution in [1.29, 1.82) is 0 Å². The molecule has 4 unspecified atom stereocenters. The van der Waals surface area contributed by atoms with Gasteiger partial charge in [0.1, 0.15) is 12.7 Å². The molecule has 0 heterocycles. The van der Waals surface area contributed by atoms with Crippen LogP contribution in [0.3, 0.4) is 0 Å². The van der Waals surface area contributed by atoms with Crippen molar-refractivity contribution in [3.8, 4) is 0 Å². The molecule has 0 spiro atoms. The summed E-state index contributed by atoms with van der Waals surface area (Å²) in [7, 11) is 4.03. The van der Waals surface area contributed by atoms with Crippen LogP contribution < -0.4 is 5.73 Å². The van der Waals surface area contributed by atoms with Crippen molar-refractivity contribution < 1.29 is 19.1 Å². The highest BCUT2D eigenvalue weighted by Gasteiger charge is 2.46. The second-order valence-corrected chi connectivity index (χ2v) is 19.1. The number of carbonyl (C=O) groups is 2. The molecule has 0 amide bonds. The van der Waals surface area contributed by atoms with E-state index in [4.69, 9.17) is 15.2 Å². The van der Waals surface area contributed by atoms with Gasteiger partial charge < -0.3 is 20.1 Å². The Balaban J connectivity index is 6.14. The third-order valence-corrected chi connectivity index (χ3v) is 9.92. The van der Waals surface area contributed by atoms with Gasteiger partial charge >= 0.3 is 11.9 Å². The summed E-state index contributed by atoms with van der Waals surface area (Å²) in [6.07, 6.45) is 14.7. The van der Waals surface area contributed by atoms with Gasteiger partial charge in [0.2, 0.25) is 0 Å². The third-order valence-electron chi connectivity index (χ3n) is 9.92. The van der Waals surface area contributed by atoms with Crippen molar-refractivity contribution in [3.05, 3.63) is 24.3 Å². The van der Waals surface area contributed by atoms with Crippen LogP contribution in [-0.2, 0) is 19.1 Å². The van der Waals surface area contributed by atoms with Crippen LogP contribution in [0.5, 0.6) is 0 Å². The smallest absolute Gasteiger partial charge is 0.311 e. The molecule has 6 heteroatoms. The number of allylic oxidation sites excluding steroid dienone is 3.